The van der Waals surface area contributed by atoms with Gasteiger partial charge in [0, 0.05) is 56.3 Å². The molecule has 0 saturated heterocycles. The Bertz CT molecular complexity index is 1730. The first kappa shape index (κ1) is 47.4. The molecule has 19 heteroatoms. The third-order valence-electron chi connectivity index (χ3n) is 7.69. The Kier molecular flexibility index (Phi) is 22.1. The van der Waals surface area contributed by atoms with Crippen LogP contribution in [0.2, 0.25) is 0 Å². The Morgan fingerprint density at radius 2 is 1.16 bits per heavy atom. The topological polar surface area (TPSA) is 258 Å². The van der Waals surface area contributed by atoms with Gasteiger partial charge in [0.25, 0.3) is 5.69 Å². The minimum absolute atomic E-state index is 0.0261. The van der Waals surface area contributed by atoms with E-state index in [0.29, 0.717) is 36.8 Å². The number of aliphatic hydroxyl groups is 4. The number of aromatic nitrogens is 2. The number of hydrogen-bond acceptors (Lipinski definition) is 16. The number of carbonyl (C=O) groups excluding carboxylic acids is 2. The number of ether oxygens (including phenoxy) is 4. The molecule has 3 aromatic rings. The molecule has 0 fully saturated rings. The Balaban J connectivity index is 0.000000425. The zero-order chi connectivity index (χ0) is 41.3. The lowest BCUT2D eigenvalue weighted by Crippen LogP contribution is -2.36. The molecule has 2 heterocycles. The number of rotatable bonds is 25. The van der Waals surface area contributed by atoms with Crippen LogP contribution in [0.1, 0.15) is 81.6 Å². The van der Waals surface area contributed by atoms with Crippen LogP contribution in [0.4, 0.5) is 5.69 Å². The number of unbranched alkanes of at least 4 members (excludes halogenated alkanes) is 3. The average molecular weight is 809 g/mol. The van der Waals surface area contributed by atoms with Gasteiger partial charge in [-0.25, -0.2) is 8.42 Å². The van der Waals surface area contributed by atoms with Crippen molar-refractivity contribution in [1.82, 2.24) is 14.3 Å². The van der Waals surface area contributed by atoms with Gasteiger partial charge in [0.2, 0.25) is 10.0 Å². The number of pyridine rings is 2. The van der Waals surface area contributed by atoms with Crippen LogP contribution < -0.4 is 9.47 Å². The monoisotopic (exact) mass is 808 g/mol. The van der Waals surface area contributed by atoms with E-state index in [4.69, 9.17) is 29.2 Å². The van der Waals surface area contributed by atoms with Gasteiger partial charge < -0.3 is 39.4 Å². The summed E-state index contributed by atoms with van der Waals surface area (Å²) in [6.07, 6.45) is 4.23. The number of para-hydroxylation sites is 1. The van der Waals surface area contributed by atoms with Crippen LogP contribution in [0.5, 0.6) is 11.5 Å². The Hall–Kier alpha value is -4.79. The highest BCUT2D eigenvalue weighted by molar-refractivity contribution is 7.89. The van der Waals surface area contributed by atoms with Crippen LogP contribution in [0.15, 0.2) is 53.4 Å². The maximum absolute atomic E-state index is 13.3. The molecule has 0 unspecified atom stereocenters. The Labute approximate surface area is 326 Å². The van der Waals surface area contributed by atoms with Gasteiger partial charge in [-0.1, -0.05) is 25.0 Å². The summed E-state index contributed by atoms with van der Waals surface area (Å²) < 4.78 is 48.5. The van der Waals surface area contributed by atoms with Crippen molar-refractivity contribution in [2.75, 3.05) is 39.5 Å². The minimum atomic E-state index is -4.30. The number of aliphatic hydroxyl groups excluding tert-OH is 4. The third-order valence-corrected chi connectivity index (χ3v) is 9.64. The van der Waals surface area contributed by atoms with Crippen LogP contribution in [0, 0.1) is 10.1 Å². The zero-order valence-corrected chi connectivity index (χ0v) is 32.5. The summed E-state index contributed by atoms with van der Waals surface area (Å²) in [5.41, 5.74) is 0.931. The van der Waals surface area contributed by atoms with Crippen molar-refractivity contribution in [1.29, 1.82) is 0 Å². The molecule has 2 aromatic heterocycles. The van der Waals surface area contributed by atoms with E-state index in [0.717, 1.165) is 42.1 Å². The summed E-state index contributed by atoms with van der Waals surface area (Å²) in [7, 11) is -4.30. The normalized spacial score (nSPS) is 11.1. The van der Waals surface area contributed by atoms with Crippen LogP contribution in [0.25, 0.3) is 0 Å². The van der Waals surface area contributed by atoms with Crippen molar-refractivity contribution in [3.8, 4) is 11.5 Å². The van der Waals surface area contributed by atoms with Gasteiger partial charge in [-0.15, -0.1) is 0 Å². The van der Waals surface area contributed by atoms with Gasteiger partial charge in [-0.05, 0) is 39.2 Å². The summed E-state index contributed by atoms with van der Waals surface area (Å²) in [5, 5.41) is 48.2. The molecular weight excluding hydrogens is 756 g/mol. The summed E-state index contributed by atoms with van der Waals surface area (Å²) in [4.78, 5) is 41.0. The van der Waals surface area contributed by atoms with Gasteiger partial charge >= 0.3 is 11.9 Å². The van der Waals surface area contributed by atoms with Gasteiger partial charge in [0.1, 0.15) is 18.1 Å². The summed E-state index contributed by atoms with van der Waals surface area (Å²) >= 11 is 0. The number of nitrogens with zero attached hydrogens (tertiary/aromatic N) is 4. The van der Waals surface area contributed by atoms with E-state index in [9.17, 15) is 38.3 Å². The minimum Gasteiger partial charge on any atom is -0.493 e. The van der Waals surface area contributed by atoms with Crippen LogP contribution >= 0.6 is 0 Å². The Morgan fingerprint density at radius 3 is 1.64 bits per heavy atom. The van der Waals surface area contributed by atoms with Crippen molar-refractivity contribution in [3.63, 3.8) is 0 Å². The number of benzene rings is 1. The molecule has 0 saturated carbocycles. The molecule has 1 aromatic carbocycles. The quantitative estimate of drug-likeness (QED) is 0.0414. The van der Waals surface area contributed by atoms with Gasteiger partial charge in [-0.2, -0.15) is 4.31 Å². The smallest absolute Gasteiger partial charge is 0.305 e. The molecule has 310 valence electrons. The molecule has 3 rings (SSSR count). The number of sulfonamides is 1. The molecule has 18 nitrogen and oxygen atoms in total. The van der Waals surface area contributed by atoms with E-state index in [1.807, 2.05) is 0 Å². The van der Waals surface area contributed by atoms with E-state index >= 15 is 0 Å². The zero-order valence-electron chi connectivity index (χ0n) is 31.7. The van der Waals surface area contributed by atoms with Gasteiger partial charge in [-0.3, -0.25) is 29.7 Å². The molecule has 56 heavy (non-hydrogen) atoms. The summed E-state index contributed by atoms with van der Waals surface area (Å²) in [6.45, 7) is 3.11. The van der Waals surface area contributed by atoms with E-state index < -0.39 is 31.5 Å². The first-order valence-corrected chi connectivity index (χ1v) is 19.6. The number of carbonyl (C=O) groups is 2. The lowest BCUT2D eigenvalue weighted by molar-refractivity contribution is -0.387. The fraction of sp³-hybridized carbons (Fsp3) is 0.514. The number of nitro groups is 1. The highest BCUT2D eigenvalue weighted by atomic mass is 32.2. The Morgan fingerprint density at radius 1 is 0.696 bits per heavy atom. The fourth-order valence-electron chi connectivity index (χ4n) is 5.09. The molecule has 0 aliphatic heterocycles. The first-order valence-electron chi connectivity index (χ1n) is 18.2. The lowest BCUT2D eigenvalue weighted by atomic mass is 10.1. The second-order valence-electron chi connectivity index (χ2n) is 11.9. The van der Waals surface area contributed by atoms with E-state index in [1.165, 1.54) is 24.3 Å². The molecule has 0 radical (unpaired) electrons. The van der Waals surface area contributed by atoms with Gasteiger partial charge in [0.15, 0.2) is 4.90 Å². The second-order valence-corrected chi connectivity index (χ2v) is 13.8. The van der Waals surface area contributed by atoms with Crippen LogP contribution in [-0.2, 0) is 55.5 Å². The molecule has 0 bridgehead atoms. The molecule has 4 N–H and O–H groups in total. The predicted octanol–water partition coefficient (Wildman–Crippen LogP) is 3.35. The average Bonchev–Trinajstić information content (AvgIpc) is 3.19. The SMILES string of the molecule is CCOC(=O)CCCCCCOc1cc(CO)nc(CO)c1.CCOC(=O)CCCN(CCOc1cc(CO)nc(CO)c1)S(=O)(=O)c1ccccc1[N+](=O)[O-]. The standard InChI is InChI=1S/C21H27N3O9S.C16H25NO5/c1-2-32-21(27)8-5-9-23(34(30,31)20-7-4-3-6-19(20)24(28)29)10-11-33-18-12-16(14-25)22-17(13-18)15-26;1-2-21-16(20)7-5-3-4-6-8-22-15-9-13(11-18)17-14(10-15)12-19/h3-4,6-7,12-13,25-26H,2,5,8-11,14-15H2,1H3;9-10,18-19H,2-8,11-12H2,1H3. The molecule has 0 aliphatic rings. The van der Waals surface area contributed by atoms with Gasteiger partial charge in [0.05, 0.1) is 73.9 Å². The summed E-state index contributed by atoms with van der Waals surface area (Å²) in [5.74, 6) is 0.252. The molecular formula is C37H52N4O14S. The maximum Gasteiger partial charge on any atom is 0.305 e. The van der Waals surface area contributed by atoms with Crippen molar-refractivity contribution in [3.05, 3.63) is 81.4 Å². The van der Waals surface area contributed by atoms with Crippen LogP contribution in [-0.4, -0.2) is 99.5 Å². The maximum atomic E-state index is 13.3. The van der Waals surface area contributed by atoms with E-state index in [1.54, 1.807) is 26.0 Å². The molecule has 0 spiro atoms. The molecule has 0 aliphatic carbocycles. The van der Waals surface area contributed by atoms with Crippen molar-refractivity contribution >= 4 is 27.6 Å². The second kappa shape index (κ2) is 26.1. The highest BCUT2D eigenvalue weighted by Crippen LogP contribution is 2.27. The molecule has 0 amide bonds. The van der Waals surface area contributed by atoms with Crippen molar-refractivity contribution < 1.29 is 62.3 Å². The van der Waals surface area contributed by atoms with E-state index in [2.05, 4.69) is 9.97 Å². The largest absolute Gasteiger partial charge is 0.493 e. The van der Waals surface area contributed by atoms with Crippen molar-refractivity contribution in [2.24, 2.45) is 0 Å². The molecule has 0 atom stereocenters. The fourth-order valence-corrected chi connectivity index (χ4v) is 6.71. The number of hydrogen-bond donors (Lipinski definition) is 4. The first-order chi connectivity index (χ1) is 26.9. The highest BCUT2D eigenvalue weighted by Gasteiger charge is 2.31. The third kappa shape index (κ3) is 16.9. The lowest BCUT2D eigenvalue weighted by Gasteiger charge is -2.22. The van der Waals surface area contributed by atoms with Crippen molar-refractivity contribution in [2.45, 2.75) is 90.1 Å². The summed E-state index contributed by atoms with van der Waals surface area (Å²) in [6, 6.07) is 11.2. The van der Waals surface area contributed by atoms with E-state index in [-0.39, 0.29) is 88.7 Å². The predicted molar refractivity (Wildman–Crippen MR) is 201 cm³/mol. The number of nitro benzene ring substituents is 1. The number of esters is 2. The van der Waals surface area contributed by atoms with Crippen LogP contribution in [0.3, 0.4) is 0 Å².